The van der Waals surface area contributed by atoms with E-state index < -0.39 is 0 Å². The van der Waals surface area contributed by atoms with Gasteiger partial charge in [-0.1, -0.05) is 22.0 Å². The number of anilines is 1. The lowest BCUT2D eigenvalue weighted by atomic mass is 10.2. The third-order valence-corrected chi connectivity index (χ3v) is 3.33. The normalized spacial score (nSPS) is 10.0. The number of hydrogen-bond acceptors (Lipinski definition) is 1. The number of rotatable bonds is 3. The van der Waals surface area contributed by atoms with E-state index in [-0.39, 0.29) is 6.03 Å². The van der Waals surface area contributed by atoms with Crippen molar-refractivity contribution in [3.8, 4) is 0 Å². The van der Waals surface area contributed by atoms with Gasteiger partial charge >= 0.3 is 6.03 Å². The first-order valence-electron chi connectivity index (χ1n) is 5.40. The zero-order chi connectivity index (χ0) is 12.1. The molecule has 0 saturated carbocycles. The maximum absolute atomic E-state index is 11.8. The fraction of sp³-hybridized carbons (Fsp3) is 0.417. The molecule has 0 fully saturated rings. The van der Waals surface area contributed by atoms with Crippen LogP contribution in [0, 0.1) is 6.92 Å². The predicted molar refractivity (Wildman–Crippen MR) is 70.8 cm³/mol. The van der Waals surface area contributed by atoms with Gasteiger partial charge in [0.15, 0.2) is 0 Å². The van der Waals surface area contributed by atoms with Crippen LogP contribution in [0.3, 0.4) is 0 Å². The number of amides is 2. The van der Waals surface area contributed by atoms with Crippen molar-refractivity contribution < 1.29 is 4.79 Å². The van der Waals surface area contributed by atoms with Crippen LogP contribution in [-0.4, -0.2) is 24.0 Å². The van der Waals surface area contributed by atoms with Gasteiger partial charge < -0.3 is 10.2 Å². The van der Waals surface area contributed by atoms with Gasteiger partial charge in [-0.05, 0) is 38.5 Å². The van der Waals surface area contributed by atoms with Crippen LogP contribution in [0.2, 0.25) is 0 Å². The first-order valence-corrected chi connectivity index (χ1v) is 6.19. The first kappa shape index (κ1) is 13.0. The van der Waals surface area contributed by atoms with E-state index in [1.807, 2.05) is 39.0 Å². The Morgan fingerprint density at radius 3 is 2.50 bits per heavy atom. The van der Waals surface area contributed by atoms with Gasteiger partial charge in [-0.2, -0.15) is 0 Å². The summed E-state index contributed by atoms with van der Waals surface area (Å²) in [7, 11) is 0. The highest BCUT2D eigenvalue weighted by molar-refractivity contribution is 9.10. The van der Waals surface area contributed by atoms with Crippen molar-refractivity contribution in [2.75, 3.05) is 18.4 Å². The number of nitrogens with zero attached hydrogens (tertiary/aromatic N) is 1. The molecule has 1 rings (SSSR count). The summed E-state index contributed by atoms with van der Waals surface area (Å²) in [6.07, 6.45) is 0. The van der Waals surface area contributed by atoms with E-state index in [1.54, 1.807) is 4.90 Å². The van der Waals surface area contributed by atoms with Crippen LogP contribution >= 0.6 is 15.9 Å². The molecule has 3 nitrogen and oxygen atoms in total. The summed E-state index contributed by atoms with van der Waals surface area (Å²) >= 11 is 3.44. The Bertz CT molecular complexity index is 375. The molecule has 2 amide bonds. The van der Waals surface area contributed by atoms with Gasteiger partial charge in [0.05, 0.1) is 0 Å². The van der Waals surface area contributed by atoms with Gasteiger partial charge in [0.2, 0.25) is 0 Å². The van der Waals surface area contributed by atoms with Gasteiger partial charge in [-0.15, -0.1) is 0 Å². The van der Waals surface area contributed by atoms with Crippen molar-refractivity contribution in [3.05, 3.63) is 28.2 Å². The Morgan fingerprint density at radius 1 is 1.38 bits per heavy atom. The van der Waals surface area contributed by atoms with Crippen molar-refractivity contribution in [3.63, 3.8) is 0 Å². The lowest BCUT2D eigenvalue weighted by Gasteiger charge is -2.19. The fourth-order valence-electron chi connectivity index (χ4n) is 1.38. The third-order valence-electron chi connectivity index (χ3n) is 2.47. The Morgan fingerprint density at radius 2 is 2.00 bits per heavy atom. The maximum Gasteiger partial charge on any atom is 0.321 e. The number of hydrogen-bond donors (Lipinski definition) is 1. The molecule has 1 N–H and O–H groups in total. The largest absolute Gasteiger partial charge is 0.325 e. The summed E-state index contributed by atoms with van der Waals surface area (Å²) in [6.45, 7) is 7.38. The van der Waals surface area contributed by atoms with Gasteiger partial charge in [0, 0.05) is 23.2 Å². The minimum absolute atomic E-state index is 0.0549. The minimum atomic E-state index is -0.0549. The second kappa shape index (κ2) is 5.89. The molecule has 0 aromatic heterocycles. The summed E-state index contributed by atoms with van der Waals surface area (Å²) < 4.78 is 1.00. The highest BCUT2D eigenvalue weighted by Crippen LogP contribution is 2.20. The zero-order valence-electron chi connectivity index (χ0n) is 9.88. The molecule has 88 valence electrons. The maximum atomic E-state index is 11.8. The molecule has 0 saturated heterocycles. The quantitative estimate of drug-likeness (QED) is 0.903. The Balaban J connectivity index is 2.73. The molecular weight excluding hydrogens is 268 g/mol. The summed E-state index contributed by atoms with van der Waals surface area (Å²) in [5.74, 6) is 0. The molecule has 1 aromatic carbocycles. The smallest absolute Gasteiger partial charge is 0.321 e. The summed E-state index contributed by atoms with van der Waals surface area (Å²) in [5.41, 5.74) is 1.97. The van der Waals surface area contributed by atoms with E-state index in [0.29, 0.717) is 0 Å². The molecule has 0 heterocycles. The molecule has 0 unspecified atom stereocenters. The highest BCUT2D eigenvalue weighted by Gasteiger charge is 2.09. The van der Waals surface area contributed by atoms with Gasteiger partial charge in [-0.3, -0.25) is 0 Å². The summed E-state index contributed by atoms with van der Waals surface area (Å²) in [4.78, 5) is 13.5. The van der Waals surface area contributed by atoms with Crippen molar-refractivity contribution in [1.82, 2.24) is 4.90 Å². The zero-order valence-corrected chi connectivity index (χ0v) is 11.5. The van der Waals surface area contributed by atoms with E-state index in [1.165, 1.54) is 0 Å². The summed E-state index contributed by atoms with van der Waals surface area (Å²) in [6, 6.07) is 5.74. The van der Waals surface area contributed by atoms with Crippen molar-refractivity contribution in [2.24, 2.45) is 0 Å². The first-order chi connectivity index (χ1) is 7.58. The lowest BCUT2D eigenvalue weighted by Crippen LogP contribution is -2.34. The van der Waals surface area contributed by atoms with Crippen molar-refractivity contribution in [1.29, 1.82) is 0 Å². The molecule has 0 radical (unpaired) electrons. The SMILES string of the molecule is CCN(CC)C(=O)Nc1ccc(C)c(Br)c1. The number of benzene rings is 1. The van der Waals surface area contributed by atoms with Crippen molar-refractivity contribution >= 4 is 27.6 Å². The molecule has 1 aromatic rings. The number of aryl methyl sites for hydroxylation is 1. The number of carbonyl (C=O) groups is 1. The Labute approximate surface area is 105 Å². The monoisotopic (exact) mass is 284 g/mol. The highest BCUT2D eigenvalue weighted by atomic mass is 79.9. The van der Waals surface area contributed by atoms with E-state index >= 15 is 0 Å². The van der Waals surface area contributed by atoms with E-state index in [4.69, 9.17) is 0 Å². The molecule has 0 aliphatic rings. The molecule has 0 spiro atoms. The van der Waals surface area contributed by atoms with Crippen LogP contribution < -0.4 is 5.32 Å². The van der Waals surface area contributed by atoms with E-state index in [9.17, 15) is 4.79 Å². The third kappa shape index (κ3) is 3.23. The molecule has 4 heteroatoms. The number of carbonyl (C=O) groups excluding carboxylic acids is 1. The average Bonchev–Trinajstić information content (AvgIpc) is 2.25. The van der Waals surface area contributed by atoms with Crippen LogP contribution in [0.4, 0.5) is 10.5 Å². The van der Waals surface area contributed by atoms with E-state index in [0.717, 1.165) is 28.8 Å². The predicted octanol–water partition coefficient (Wildman–Crippen LogP) is 3.63. The standard InChI is InChI=1S/C12H17BrN2O/c1-4-15(5-2)12(16)14-10-7-6-9(3)11(13)8-10/h6-8H,4-5H2,1-3H3,(H,14,16). The molecule has 0 bridgehead atoms. The topological polar surface area (TPSA) is 32.3 Å². The van der Waals surface area contributed by atoms with Crippen LogP contribution in [0.1, 0.15) is 19.4 Å². The number of nitrogens with one attached hydrogen (secondary N) is 1. The van der Waals surface area contributed by atoms with Crippen LogP contribution in [0.25, 0.3) is 0 Å². The van der Waals surface area contributed by atoms with Gasteiger partial charge in [0.1, 0.15) is 0 Å². The fourth-order valence-corrected chi connectivity index (χ4v) is 1.76. The van der Waals surface area contributed by atoms with Gasteiger partial charge in [0.25, 0.3) is 0 Å². The molecule has 16 heavy (non-hydrogen) atoms. The Kier molecular flexibility index (Phi) is 4.80. The van der Waals surface area contributed by atoms with Gasteiger partial charge in [-0.25, -0.2) is 4.79 Å². The summed E-state index contributed by atoms with van der Waals surface area (Å²) in [5, 5.41) is 2.87. The number of urea groups is 1. The van der Waals surface area contributed by atoms with Crippen molar-refractivity contribution in [2.45, 2.75) is 20.8 Å². The molecular formula is C12H17BrN2O. The van der Waals surface area contributed by atoms with Crippen LogP contribution in [0.15, 0.2) is 22.7 Å². The van der Waals surface area contributed by atoms with Crippen LogP contribution in [0.5, 0.6) is 0 Å². The lowest BCUT2D eigenvalue weighted by molar-refractivity contribution is 0.217. The van der Waals surface area contributed by atoms with Crippen LogP contribution in [-0.2, 0) is 0 Å². The molecule has 0 aliphatic heterocycles. The average molecular weight is 285 g/mol. The Hall–Kier alpha value is -1.03. The van der Waals surface area contributed by atoms with E-state index in [2.05, 4.69) is 21.2 Å². The molecule has 0 aliphatic carbocycles. The second-order valence-electron chi connectivity index (χ2n) is 3.57. The molecule has 0 atom stereocenters. The minimum Gasteiger partial charge on any atom is -0.325 e. The number of halogens is 1. The second-order valence-corrected chi connectivity index (χ2v) is 4.42.